The van der Waals surface area contributed by atoms with E-state index in [1.807, 2.05) is 6.07 Å². The minimum absolute atomic E-state index is 0.0225. The van der Waals surface area contributed by atoms with Crippen LogP contribution < -0.4 is 0 Å². The number of halogens is 2. The lowest BCUT2D eigenvalue weighted by Gasteiger charge is -2.24. The molecule has 1 unspecified atom stereocenters. The second kappa shape index (κ2) is 4.18. The van der Waals surface area contributed by atoms with Gasteiger partial charge in [0.25, 0.3) is 0 Å². The Bertz CT molecular complexity index is 391. The second-order valence-electron chi connectivity index (χ2n) is 3.87. The van der Waals surface area contributed by atoms with E-state index in [4.69, 9.17) is 16.9 Å². The Morgan fingerprint density at radius 2 is 2.13 bits per heavy atom. The first-order valence-corrected chi connectivity index (χ1v) is 4.81. The van der Waals surface area contributed by atoms with Crippen LogP contribution in [-0.2, 0) is 0 Å². The summed E-state index contributed by atoms with van der Waals surface area (Å²) in [6, 6.07) is 6.06. The molecule has 1 rings (SSSR count). The van der Waals surface area contributed by atoms with Gasteiger partial charge >= 0.3 is 0 Å². The van der Waals surface area contributed by atoms with E-state index in [1.165, 1.54) is 32.0 Å². The van der Waals surface area contributed by atoms with E-state index in [0.717, 1.165) is 0 Å². The molecule has 15 heavy (non-hydrogen) atoms. The minimum Gasteiger partial charge on any atom is -0.387 e. The number of aliphatic hydroxyl groups excluding tert-OH is 1. The van der Waals surface area contributed by atoms with Gasteiger partial charge in [-0.05, 0) is 26.0 Å². The topological polar surface area (TPSA) is 44.0 Å². The van der Waals surface area contributed by atoms with E-state index in [-0.39, 0.29) is 10.6 Å². The predicted molar refractivity (Wildman–Crippen MR) is 55.8 cm³/mol. The highest BCUT2D eigenvalue weighted by Crippen LogP contribution is 2.37. The van der Waals surface area contributed by atoms with E-state index >= 15 is 0 Å². The van der Waals surface area contributed by atoms with Crippen LogP contribution in [0, 0.1) is 22.6 Å². The van der Waals surface area contributed by atoms with Crippen LogP contribution in [0.4, 0.5) is 4.39 Å². The zero-order valence-corrected chi connectivity index (χ0v) is 9.22. The third kappa shape index (κ3) is 2.28. The summed E-state index contributed by atoms with van der Waals surface area (Å²) in [4.78, 5) is 0. The third-order valence-corrected chi connectivity index (χ3v) is 2.57. The van der Waals surface area contributed by atoms with Gasteiger partial charge in [-0.3, -0.25) is 0 Å². The predicted octanol–water partition coefficient (Wildman–Crippen LogP) is 3.06. The van der Waals surface area contributed by atoms with Crippen LogP contribution in [0.3, 0.4) is 0 Å². The van der Waals surface area contributed by atoms with Crippen LogP contribution in [0.2, 0.25) is 5.02 Å². The van der Waals surface area contributed by atoms with Gasteiger partial charge in [-0.1, -0.05) is 17.7 Å². The van der Waals surface area contributed by atoms with Crippen molar-refractivity contribution in [3.8, 4) is 6.07 Å². The van der Waals surface area contributed by atoms with E-state index in [1.54, 1.807) is 0 Å². The molecule has 2 nitrogen and oxygen atoms in total. The molecule has 0 saturated carbocycles. The van der Waals surface area contributed by atoms with Crippen molar-refractivity contribution >= 4 is 11.6 Å². The molecule has 1 N–H and O–H groups in total. The monoisotopic (exact) mass is 227 g/mol. The molecule has 0 amide bonds. The van der Waals surface area contributed by atoms with Gasteiger partial charge in [0.05, 0.1) is 11.5 Å². The quantitative estimate of drug-likeness (QED) is 0.844. The lowest BCUT2D eigenvalue weighted by molar-refractivity contribution is 0.0833. The summed E-state index contributed by atoms with van der Waals surface area (Å²) in [5, 5.41) is 18.8. The highest BCUT2D eigenvalue weighted by Gasteiger charge is 2.32. The molecule has 0 spiro atoms. The summed E-state index contributed by atoms with van der Waals surface area (Å²) in [5.74, 6) is -0.599. The van der Waals surface area contributed by atoms with Crippen molar-refractivity contribution < 1.29 is 9.50 Å². The van der Waals surface area contributed by atoms with Gasteiger partial charge in [0.15, 0.2) is 0 Å². The van der Waals surface area contributed by atoms with E-state index < -0.39 is 17.3 Å². The lowest BCUT2D eigenvalue weighted by Crippen LogP contribution is -2.21. The minimum atomic E-state index is -1.24. The highest BCUT2D eigenvalue weighted by molar-refractivity contribution is 6.31. The van der Waals surface area contributed by atoms with Gasteiger partial charge in [0, 0.05) is 10.6 Å². The molecular weight excluding hydrogens is 217 g/mol. The van der Waals surface area contributed by atoms with Gasteiger partial charge in [-0.15, -0.1) is 0 Å². The summed E-state index contributed by atoms with van der Waals surface area (Å²) in [6.45, 7) is 3.06. The van der Waals surface area contributed by atoms with Crippen molar-refractivity contribution in [3.05, 3.63) is 34.6 Å². The summed E-state index contributed by atoms with van der Waals surface area (Å²) in [5.41, 5.74) is -1.10. The SMILES string of the molecule is CC(C)(C#N)C(O)c1c(F)cccc1Cl. The summed E-state index contributed by atoms with van der Waals surface area (Å²) in [7, 11) is 0. The fraction of sp³-hybridized carbons (Fsp3) is 0.364. The number of benzene rings is 1. The molecule has 0 aliphatic rings. The van der Waals surface area contributed by atoms with E-state index in [0.29, 0.717) is 0 Å². The fourth-order valence-electron chi connectivity index (χ4n) is 1.19. The molecular formula is C11H11ClFNO. The standard InChI is InChI=1S/C11H11ClFNO/c1-11(2,6-14)10(15)9-7(12)4-3-5-8(9)13/h3-5,10,15H,1-2H3. The Labute approximate surface area is 92.9 Å². The summed E-state index contributed by atoms with van der Waals surface area (Å²) >= 11 is 5.78. The average molecular weight is 228 g/mol. The van der Waals surface area contributed by atoms with Gasteiger partial charge < -0.3 is 5.11 Å². The summed E-state index contributed by atoms with van der Waals surface area (Å²) < 4.78 is 13.4. The molecule has 0 heterocycles. The first kappa shape index (κ1) is 12.0. The zero-order chi connectivity index (χ0) is 11.6. The van der Waals surface area contributed by atoms with Gasteiger partial charge in [-0.25, -0.2) is 4.39 Å². The van der Waals surface area contributed by atoms with Gasteiger partial charge in [0.1, 0.15) is 11.9 Å². The normalized spacial score (nSPS) is 13.3. The van der Waals surface area contributed by atoms with Crippen LogP contribution >= 0.6 is 11.6 Å². The Hall–Kier alpha value is -1.11. The lowest BCUT2D eigenvalue weighted by atomic mass is 9.84. The maximum Gasteiger partial charge on any atom is 0.130 e. The van der Waals surface area contributed by atoms with Crippen molar-refractivity contribution in [2.45, 2.75) is 20.0 Å². The molecule has 0 aliphatic carbocycles. The molecule has 0 aromatic heterocycles. The maximum atomic E-state index is 13.4. The third-order valence-electron chi connectivity index (χ3n) is 2.24. The smallest absolute Gasteiger partial charge is 0.130 e. The first-order chi connectivity index (χ1) is 6.90. The Kier molecular flexibility index (Phi) is 3.33. The van der Waals surface area contributed by atoms with E-state index in [9.17, 15) is 9.50 Å². The Morgan fingerprint density at radius 3 is 2.60 bits per heavy atom. The van der Waals surface area contributed by atoms with Crippen LogP contribution in [0.15, 0.2) is 18.2 Å². The average Bonchev–Trinajstić information content (AvgIpc) is 2.17. The largest absolute Gasteiger partial charge is 0.387 e. The van der Waals surface area contributed by atoms with Crippen molar-refractivity contribution in [3.63, 3.8) is 0 Å². The molecule has 0 saturated heterocycles. The molecule has 0 aliphatic heterocycles. The number of nitriles is 1. The van der Waals surface area contributed by atoms with Crippen molar-refractivity contribution in [1.29, 1.82) is 5.26 Å². The van der Waals surface area contributed by atoms with E-state index in [2.05, 4.69) is 0 Å². The number of nitrogens with zero attached hydrogens (tertiary/aromatic N) is 1. The maximum absolute atomic E-state index is 13.4. The zero-order valence-electron chi connectivity index (χ0n) is 8.46. The number of hydrogen-bond acceptors (Lipinski definition) is 2. The number of aliphatic hydroxyl groups is 1. The highest BCUT2D eigenvalue weighted by atomic mass is 35.5. The molecule has 1 aromatic rings. The van der Waals surface area contributed by atoms with Crippen molar-refractivity contribution in [2.24, 2.45) is 5.41 Å². The Morgan fingerprint density at radius 1 is 1.53 bits per heavy atom. The van der Waals surface area contributed by atoms with Crippen molar-refractivity contribution in [1.82, 2.24) is 0 Å². The van der Waals surface area contributed by atoms with Gasteiger partial charge in [0.2, 0.25) is 0 Å². The van der Waals surface area contributed by atoms with Crippen LogP contribution in [0.25, 0.3) is 0 Å². The fourth-order valence-corrected chi connectivity index (χ4v) is 1.46. The summed E-state index contributed by atoms with van der Waals surface area (Å²) in [6.07, 6.45) is -1.24. The first-order valence-electron chi connectivity index (χ1n) is 4.43. The molecule has 0 radical (unpaired) electrons. The van der Waals surface area contributed by atoms with Crippen molar-refractivity contribution in [2.75, 3.05) is 0 Å². The molecule has 0 fully saturated rings. The number of rotatable bonds is 2. The number of hydrogen-bond donors (Lipinski definition) is 1. The molecule has 0 bridgehead atoms. The second-order valence-corrected chi connectivity index (χ2v) is 4.28. The van der Waals surface area contributed by atoms with Crippen LogP contribution in [0.1, 0.15) is 25.5 Å². The molecule has 1 aromatic carbocycles. The molecule has 1 atom stereocenters. The van der Waals surface area contributed by atoms with Gasteiger partial charge in [-0.2, -0.15) is 5.26 Å². The van der Waals surface area contributed by atoms with Crippen LogP contribution in [0.5, 0.6) is 0 Å². The molecule has 80 valence electrons. The van der Waals surface area contributed by atoms with Crippen LogP contribution in [-0.4, -0.2) is 5.11 Å². The molecule has 4 heteroatoms. The Balaban J connectivity index is 3.24.